The maximum Gasteiger partial charge on any atom is 0.231 e. The van der Waals surface area contributed by atoms with Gasteiger partial charge in [0.1, 0.15) is 18.3 Å². The zero-order valence-electron chi connectivity index (χ0n) is 19.3. The molecule has 0 radical (unpaired) electrons. The molecule has 2 aromatic rings. The summed E-state index contributed by atoms with van der Waals surface area (Å²) < 4.78 is 5.68. The van der Waals surface area contributed by atoms with Gasteiger partial charge in [0, 0.05) is 36.2 Å². The molecule has 2 amide bonds. The van der Waals surface area contributed by atoms with E-state index in [0.29, 0.717) is 36.8 Å². The van der Waals surface area contributed by atoms with Gasteiger partial charge in [-0.15, -0.1) is 0 Å². The zero-order chi connectivity index (χ0) is 23.3. The van der Waals surface area contributed by atoms with Crippen LogP contribution in [0, 0.1) is 29.1 Å². The Labute approximate surface area is 199 Å². The first kappa shape index (κ1) is 21.6. The van der Waals surface area contributed by atoms with Crippen molar-refractivity contribution in [1.29, 1.82) is 0 Å². The van der Waals surface area contributed by atoms with Gasteiger partial charge in [-0.25, -0.2) is 0 Å². The summed E-state index contributed by atoms with van der Waals surface area (Å²) in [5.74, 6) is 2.49. The molecule has 4 aliphatic carbocycles. The molecular formula is C27H32N4O3. The molecule has 7 nitrogen and oxygen atoms in total. The Kier molecular flexibility index (Phi) is 5.32. The third kappa shape index (κ3) is 3.66. The average molecular weight is 461 g/mol. The number of nitrogens with two attached hydrogens (primary N) is 1. The largest absolute Gasteiger partial charge is 0.492 e. The van der Waals surface area contributed by atoms with E-state index < -0.39 is 0 Å². The van der Waals surface area contributed by atoms with E-state index in [1.807, 2.05) is 36.4 Å². The monoisotopic (exact) mass is 460 g/mol. The second-order valence-electron chi connectivity index (χ2n) is 10.8. The van der Waals surface area contributed by atoms with Crippen LogP contribution in [0.25, 0.3) is 0 Å². The number of aromatic nitrogens is 1. The average Bonchev–Trinajstić information content (AvgIpc) is 3.27. The summed E-state index contributed by atoms with van der Waals surface area (Å²) in [5.41, 5.74) is 8.20. The fourth-order valence-electron chi connectivity index (χ4n) is 7.60. The van der Waals surface area contributed by atoms with Crippen LogP contribution in [0.15, 0.2) is 48.8 Å². The summed E-state index contributed by atoms with van der Waals surface area (Å²) in [6.07, 6.45) is 8.48. The van der Waals surface area contributed by atoms with Crippen LogP contribution in [0.1, 0.15) is 43.6 Å². The Hall–Kier alpha value is -2.93. The number of ether oxygens (including phenoxy) is 1. The van der Waals surface area contributed by atoms with Crippen molar-refractivity contribution in [2.45, 2.75) is 44.1 Å². The number of benzene rings is 1. The summed E-state index contributed by atoms with van der Waals surface area (Å²) in [5, 5.41) is 6.25. The minimum Gasteiger partial charge on any atom is -0.492 e. The lowest BCUT2D eigenvalue weighted by atomic mass is 9.45. The van der Waals surface area contributed by atoms with Crippen molar-refractivity contribution in [3.05, 3.63) is 54.4 Å². The van der Waals surface area contributed by atoms with Crippen molar-refractivity contribution in [3.8, 4) is 5.75 Å². The first-order valence-corrected chi connectivity index (χ1v) is 12.5. The molecule has 34 heavy (non-hydrogen) atoms. The molecule has 4 saturated carbocycles. The Morgan fingerprint density at radius 2 is 1.82 bits per heavy atom. The van der Waals surface area contributed by atoms with Gasteiger partial charge in [-0.05, 0) is 74.0 Å². The molecule has 4 fully saturated rings. The van der Waals surface area contributed by atoms with Gasteiger partial charge in [0.2, 0.25) is 11.8 Å². The van der Waals surface area contributed by atoms with Crippen LogP contribution in [-0.4, -0.2) is 36.0 Å². The van der Waals surface area contributed by atoms with Crippen LogP contribution in [0.4, 0.5) is 5.69 Å². The van der Waals surface area contributed by atoms with Gasteiger partial charge < -0.3 is 21.1 Å². The smallest absolute Gasteiger partial charge is 0.231 e. The van der Waals surface area contributed by atoms with E-state index in [0.717, 1.165) is 49.1 Å². The Balaban J connectivity index is 1.10. The number of hydrogen-bond donors (Lipinski definition) is 3. The predicted octanol–water partition coefficient (Wildman–Crippen LogP) is 3.08. The number of anilines is 1. The number of hydrogen-bond acceptors (Lipinski definition) is 5. The lowest BCUT2D eigenvalue weighted by Gasteiger charge is -2.60. The van der Waals surface area contributed by atoms with Gasteiger partial charge in [-0.3, -0.25) is 14.6 Å². The lowest BCUT2D eigenvalue weighted by Crippen LogP contribution is -2.60. The third-order valence-corrected chi connectivity index (χ3v) is 8.79. The van der Waals surface area contributed by atoms with Crippen LogP contribution in [0.3, 0.4) is 0 Å². The van der Waals surface area contributed by atoms with E-state index in [1.165, 1.54) is 0 Å². The predicted molar refractivity (Wildman–Crippen MR) is 128 cm³/mol. The molecule has 0 spiro atoms. The highest BCUT2D eigenvalue weighted by Gasteiger charge is 2.59. The fraction of sp³-hybridized carbons (Fsp3) is 0.519. The normalized spacial score (nSPS) is 33.6. The van der Waals surface area contributed by atoms with Crippen molar-refractivity contribution in [1.82, 2.24) is 10.3 Å². The SMILES string of the molecule is NC(CNC(=O)C1COc2ccccc21)C1C2CC3CC1CC(C(=O)Nc1ccncc1)(C3)C2. The number of amides is 2. The van der Waals surface area contributed by atoms with Crippen LogP contribution in [0.2, 0.25) is 0 Å². The number of nitrogens with zero attached hydrogens (tertiary/aromatic N) is 1. The molecule has 178 valence electrons. The summed E-state index contributed by atoms with van der Waals surface area (Å²) in [7, 11) is 0. The van der Waals surface area contributed by atoms with Gasteiger partial charge in [0.05, 0.1) is 5.41 Å². The second-order valence-corrected chi connectivity index (χ2v) is 10.8. The molecule has 1 aliphatic heterocycles. The molecule has 2 heterocycles. The topological polar surface area (TPSA) is 106 Å². The Morgan fingerprint density at radius 1 is 1.09 bits per heavy atom. The van der Waals surface area contributed by atoms with E-state index in [9.17, 15) is 9.59 Å². The fourth-order valence-corrected chi connectivity index (χ4v) is 7.60. The Morgan fingerprint density at radius 3 is 2.59 bits per heavy atom. The van der Waals surface area contributed by atoms with Crippen LogP contribution >= 0.6 is 0 Å². The van der Waals surface area contributed by atoms with Crippen LogP contribution in [0.5, 0.6) is 5.75 Å². The van der Waals surface area contributed by atoms with E-state index in [1.54, 1.807) is 12.4 Å². The van der Waals surface area contributed by atoms with Crippen molar-refractivity contribution in [3.63, 3.8) is 0 Å². The minimum absolute atomic E-state index is 0.0163. The summed E-state index contributed by atoms with van der Waals surface area (Å²) in [4.78, 5) is 30.3. The molecule has 7 rings (SSSR count). The number of carbonyl (C=O) groups is 2. The van der Waals surface area contributed by atoms with Crippen LogP contribution in [-0.2, 0) is 9.59 Å². The number of para-hydroxylation sites is 1. The molecule has 4 atom stereocenters. The molecule has 7 heteroatoms. The van der Waals surface area contributed by atoms with Crippen molar-refractivity contribution >= 4 is 17.5 Å². The number of rotatable bonds is 6. The summed E-state index contributed by atoms with van der Waals surface area (Å²) in [6.45, 7) is 0.849. The highest BCUT2D eigenvalue weighted by molar-refractivity contribution is 5.95. The second kappa shape index (κ2) is 8.38. The van der Waals surface area contributed by atoms with Crippen molar-refractivity contribution in [2.24, 2.45) is 34.8 Å². The molecule has 1 aromatic heterocycles. The number of nitrogens with one attached hydrogen (secondary N) is 2. The maximum atomic E-state index is 13.4. The zero-order valence-corrected chi connectivity index (χ0v) is 19.3. The van der Waals surface area contributed by atoms with E-state index in [2.05, 4.69) is 15.6 Å². The number of pyridine rings is 1. The quantitative estimate of drug-likeness (QED) is 0.614. The molecule has 4 unspecified atom stereocenters. The lowest BCUT2D eigenvalue weighted by molar-refractivity contribution is -0.149. The van der Waals surface area contributed by atoms with Gasteiger partial charge in [0.15, 0.2) is 0 Å². The molecule has 5 aliphatic rings. The van der Waals surface area contributed by atoms with Crippen molar-refractivity contribution < 1.29 is 14.3 Å². The first-order chi connectivity index (χ1) is 16.5. The molecule has 1 aromatic carbocycles. The highest BCUT2D eigenvalue weighted by Crippen LogP contribution is 2.63. The number of carbonyl (C=O) groups excluding carboxylic acids is 2. The highest BCUT2D eigenvalue weighted by atomic mass is 16.5. The number of fused-ring (bicyclic) bond motifs is 1. The molecule has 4 N–H and O–H groups in total. The molecular weight excluding hydrogens is 428 g/mol. The van der Waals surface area contributed by atoms with E-state index in [4.69, 9.17) is 10.5 Å². The van der Waals surface area contributed by atoms with Gasteiger partial charge in [0.25, 0.3) is 0 Å². The van der Waals surface area contributed by atoms with Crippen molar-refractivity contribution in [2.75, 3.05) is 18.5 Å². The Bertz CT molecular complexity index is 1070. The van der Waals surface area contributed by atoms with Gasteiger partial charge in [-0.1, -0.05) is 18.2 Å². The van der Waals surface area contributed by atoms with Crippen LogP contribution < -0.4 is 21.1 Å². The minimum atomic E-state index is -0.288. The summed E-state index contributed by atoms with van der Waals surface area (Å²) in [6, 6.07) is 11.3. The molecule has 4 bridgehead atoms. The van der Waals surface area contributed by atoms with E-state index >= 15 is 0 Å². The third-order valence-electron chi connectivity index (χ3n) is 8.79. The van der Waals surface area contributed by atoms with Gasteiger partial charge >= 0.3 is 0 Å². The van der Waals surface area contributed by atoms with Gasteiger partial charge in [-0.2, -0.15) is 0 Å². The standard InChI is InChI=1S/C27H32N4O3/c28-22(14-30-25(32)21-15-34-23-4-2-1-3-20(21)23)24-17-9-16-10-18(24)13-27(11-16,12-17)26(33)31-19-5-7-29-8-6-19/h1-8,16-18,21-22,24H,9-15,28H2,(H,30,32)(H,29,31,33). The molecule has 0 saturated heterocycles. The first-order valence-electron chi connectivity index (χ1n) is 12.5. The van der Waals surface area contributed by atoms with E-state index in [-0.39, 0.29) is 29.2 Å². The maximum absolute atomic E-state index is 13.4. The summed E-state index contributed by atoms with van der Waals surface area (Å²) >= 11 is 0.